The number of aliphatic hydroxyl groups is 11. The lowest BCUT2D eigenvalue weighted by Crippen LogP contribution is -2.66. The van der Waals surface area contributed by atoms with E-state index in [1.165, 1.54) is 180 Å². The van der Waals surface area contributed by atoms with E-state index in [-0.39, 0.29) is 18.9 Å². The maximum Gasteiger partial charge on any atom is 0.220 e. The molecule has 17 unspecified atom stereocenters. The minimum absolute atomic E-state index is 0.251. The largest absolute Gasteiger partial charge is 0.394 e. The van der Waals surface area contributed by atoms with Crippen molar-refractivity contribution in [1.82, 2.24) is 5.32 Å². The Kier molecular flexibility index (Phi) is 49.0. The molecule has 12 N–H and O–H groups in total. The van der Waals surface area contributed by atoms with E-state index in [1.807, 2.05) is 0 Å². The molecule has 530 valence electrons. The van der Waals surface area contributed by atoms with Gasteiger partial charge in [0.2, 0.25) is 5.91 Å². The number of unbranched alkanes of at least 4 members (excludes halogenated alkanes) is 37. The van der Waals surface area contributed by atoms with Crippen LogP contribution in [0.2, 0.25) is 0 Å². The number of allylic oxidation sites excluding steroid dienone is 4. The SMILES string of the molecule is CCC/C=C\C/C=C\CCCCCCCC(=O)NC(COC1OC(CO)C(OC2OC(CO)C(OC3OC(CO)C(O)C(O)C3O)C(O)C2O)C(O)C1O)C(O)CCCCCCCCCCCCCCCCCCCCCCCCCCCCCCCCCC. The van der Waals surface area contributed by atoms with Gasteiger partial charge in [-0.15, -0.1) is 0 Å². The minimum Gasteiger partial charge on any atom is -0.394 e. The van der Waals surface area contributed by atoms with E-state index >= 15 is 0 Å². The van der Waals surface area contributed by atoms with E-state index in [0.29, 0.717) is 12.8 Å². The van der Waals surface area contributed by atoms with Crippen molar-refractivity contribution in [2.24, 2.45) is 0 Å². The van der Waals surface area contributed by atoms with Crippen LogP contribution >= 0.6 is 0 Å². The maximum absolute atomic E-state index is 13.4. The summed E-state index contributed by atoms with van der Waals surface area (Å²) in [5.74, 6) is -0.255. The van der Waals surface area contributed by atoms with Crippen LogP contribution in [-0.2, 0) is 33.2 Å². The van der Waals surface area contributed by atoms with Crippen LogP contribution in [-0.4, -0.2) is 193 Å². The van der Waals surface area contributed by atoms with Crippen molar-refractivity contribution in [3.63, 3.8) is 0 Å². The summed E-state index contributed by atoms with van der Waals surface area (Å²) in [6, 6.07) is -0.894. The van der Waals surface area contributed by atoms with Gasteiger partial charge in [-0.3, -0.25) is 4.79 Å². The molecule has 0 aliphatic carbocycles. The molecule has 3 fully saturated rings. The predicted octanol–water partition coefficient (Wildman–Crippen LogP) is 10.2. The van der Waals surface area contributed by atoms with Gasteiger partial charge in [-0.05, 0) is 38.5 Å². The summed E-state index contributed by atoms with van der Waals surface area (Å²) >= 11 is 0. The molecule has 3 aliphatic heterocycles. The molecule has 0 bridgehead atoms. The van der Waals surface area contributed by atoms with E-state index in [0.717, 1.165) is 77.0 Å². The number of carbonyl (C=O) groups is 1. The number of nitrogens with one attached hydrogen (secondary N) is 1. The van der Waals surface area contributed by atoms with Crippen molar-refractivity contribution < 1.29 is 89.4 Å². The van der Waals surface area contributed by atoms with E-state index in [1.54, 1.807) is 0 Å². The second-order valence-corrected chi connectivity index (χ2v) is 26.4. The molecule has 3 aliphatic rings. The van der Waals surface area contributed by atoms with Crippen LogP contribution in [0.3, 0.4) is 0 Å². The van der Waals surface area contributed by atoms with Gasteiger partial charge in [-0.2, -0.15) is 0 Å². The standard InChI is InChI=1S/C71H133NO18/c1-3-5-7-9-11-13-15-17-18-19-20-21-22-23-24-25-26-27-28-29-30-31-32-33-34-35-37-38-40-42-44-46-48-55(76)54(72-59(77)49-47-45-43-41-39-36-16-14-12-10-8-6-4-2)53-85-69-65(83)62(80)67(57(51-74)87-69)90-71-66(84)63(81)68(58(52-75)88-71)89-70-64(82)61(79)60(78)56(50-73)86-70/h8,10,14,16,54-58,60-71,73-76,78-84H,3-7,9,11-13,15,17-53H2,1-2H3,(H,72,77)/b10-8-,16-14-. The molecule has 17 atom stereocenters. The first kappa shape index (κ1) is 82.5. The Morgan fingerprint density at radius 1 is 0.400 bits per heavy atom. The number of amides is 1. The van der Waals surface area contributed by atoms with Crippen LogP contribution in [0, 0.1) is 0 Å². The van der Waals surface area contributed by atoms with Gasteiger partial charge in [0.1, 0.15) is 73.2 Å². The Balaban J connectivity index is 1.35. The minimum atomic E-state index is -1.97. The Labute approximate surface area is 543 Å². The van der Waals surface area contributed by atoms with Crippen molar-refractivity contribution in [2.45, 2.75) is 394 Å². The quantitative estimate of drug-likeness (QED) is 0.0199. The highest BCUT2D eigenvalue weighted by atomic mass is 16.8. The zero-order valence-corrected chi connectivity index (χ0v) is 56.1. The van der Waals surface area contributed by atoms with E-state index in [2.05, 4.69) is 43.5 Å². The molecule has 3 heterocycles. The third-order valence-corrected chi connectivity index (χ3v) is 18.5. The number of hydrogen-bond donors (Lipinski definition) is 12. The van der Waals surface area contributed by atoms with Crippen molar-refractivity contribution in [2.75, 3.05) is 26.4 Å². The summed E-state index contributed by atoms with van der Waals surface area (Å²) in [6.45, 7) is 1.75. The summed E-state index contributed by atoms with van der Waals surface area (Å²) in [6.07, 6.45) is 34.3. The highest BCUT2D eigenvalue weighted by Crippen LogP contribution is 2.33. The first-order valence-electron chi connectivity index (χ1n) is 36.6. The fourth-order valence-electron chi connectivity index (χ4n) is 12.6. The molecule has 0 radical (unpaired) electrons. The molecule has 0 aromatic rings. The lowest BCUT2D eigenvalue weighted by atomic mass is 9.96. The van der Waals surface area contributed by atoms with Gasteiger partial charge in [0, 0.05) is 6.42 Å². The third kappa shape index (κ3) is 34.8. The van der Waals surface area contributed by atoms with Crippen LogP contribution in [0.4, 0.5) is 0 Å². The summed E-state index contributed by atoms with van der Waals surface area (Å²) in [4.78, 5) is 13.4. The van der Waals surface area contributed by atoms with E-state index in [4.69, 9.17) is 28.4 Å². The lowest BCUT2D eigenvalue weighted by Gasteiger charge is -2.48. The molecule has 1 amide bonds. The maximum atomic E-state index is 13.4. The third-order valence-electron chi connectivity index (χ3n) is 18.5. The molecule has 90 heavy (non-hydrogen) atoms. The highest BCUT2D eigenvalue weighted by Gasteiger charge is 2.53. The molecule has 0 saturated carbocycles. The van der Waals surface area contributed by atoms with Crippen molar-refractivity contribution in [3.8, 4) is 0 Å². The Morgan fingerprint density at radius 3 is 1.18 bits per heavy atom. The van der Waals surface area contributed by atoms with Crippen molar-refractivity contribution in [1.29, 1.82) is 0 Å². The van der Waals surface area contributed by atoms with Crippen LogP contribution < -0.4 is 5.32 Å². The fourth-order valence-corrected chi connectivity index (χ4v) is 12.6. The summed E-state index contributed by atoms with van der Waals surface area (Å²) in [5.41, 5.74) is 0. The second-order valence-electron chi connectivity index (χ2n) is 26.4. The van der Waals surface area contributed by atoms with Gasteiger partial charge in [0.05, 0.1) is 38.6 Å². The zero-order valence-electron chi connectivity index (χ0n) is 56.1. The molecule has 0 aromatic carbocycles. The van der Waals surface area contributed by atoms with Gasteiger partial charge in [-0.1, -0.05) is 269 Å². The molecule has 3 saturated heterocycles. The van der Waals surface area contributed by atoms with Crippen LogP contribution in [0.5, 0.6) is 0 Å². The Morgan fingerprint density at radius 2 is 0.756 bits per heavy atom. The number of hydrogen-bond acceptors (Lipinski definition) is 18. The monoisotopic (exact) mass is 1290 g/mol. The first-order chi connectivity index (χ1) is 43.8. The summed E-state index contributed by atoms with van der Waals surface area (Å²) in [5, 5.41) is 121. The highest BCUT2D eigenvalue weighted by molar-refractivity contribution is 5.76. The lowest BCUT2D eigenvalue weighted by molar-refractivity contribution is -0.379. The van der Waals surface area contributed by atoms with Gasteiger partial charge >= 0.3 is 0 Å². The number of rotatable bonds is 57. The molecule has 0 aromatic heterocycles. The van der Waals surface area contributed by atoms with Gasteiger partial charge < -0.3 is 89.9 Å². The van der Waals surface area contributed by atoms with Crippen molar-refractivity contribution in [3.05, 3.63) is 24.3 Å². The molecule has 0 spiro atoms. The van der Waals surface area contributed by atoms with E-state index in [9.17, 15) is 61.0 Å². The van der Waals surface area contributed by atoms with Crippen LogP contribution in [0.1, 0.15) is 290 Å². The van der Waals surface area contributed by atoms with Gasteiger partial charge in [0.15, 0.2) is 18.9 Å². The fraction of sp³-hybridized carbons (Fsp3) is 0.930. The molecular formula is C71H133NO18. The molecular weight excluding hydrogens is 1150 g/mol. The second kappa shape index (κ2) is 53.4. The zero-order chi connectivity index (χ0) is 65.4. The van der Waals surface area contributed by atoms with Gasteiger partial charge in [-0.25, -0.2) is 0 Å². The van der Waals surface area contributed by atoms with E-state index < -0.39 is 124 Å². The summed E-state index contributed by atoms with van der Waals surface area (Å²) in [7, 11) is 0. The first-order valence-corrected chi connectivity index (χ1v) is 36.6. The molecule has 19 heteroatoms. The molecule has 3 rings (SSSR count). The van der Waals surface area contributed by atoms with Crippen LogP contribution in [0.25, 0.3) is 0 Å². The Hall–Kier alpha value is -1.73. The van der Waals surface area contributed by atoms with Crippen LogP contribution in [0.15, 0.2) is 24.3 Å². The number of carbonyl (C=O) groups excluding carboxylic acids is 1. The Bertz CT molecular complexity index is 1730. The normalized spacial score (nSPS) is 28.1. The smallest absolute Gasteiger partial charge is 0.220 e. The average molecular weight is 1290 g/mol. The number of aliphatic hydroxyl groups excluding tert-OH is 11. The van der Waals surface area contributed by atoms with Gasteiger partial charge in [0.25, 0.3) is 0 Å². The topological polar surface area (TPSA) is 307 Å². The predicted molar refractivity (Wildman–Crippen MR) is 351 cm³/mol. The average Bonchev–Trinajstić information content (AvgIpc) is 0.851. The van der Waals surface area contributed by atoms with Crippen molar-refractivity contribution >= 4 is 5.91 Å². The summed E-state index contributed by atoms with van der Waals surface area (Å²) < 4.78 is 34.4. The molecule has 19 nitrogen and oxygen atoms in total. The number of ether oxygens (including phenoxy) is 6.